The zero-order valence-corrected chi connectivity index (χ0v) is 20.1. The van der Waals surface area contributed by atoms with Crippen LogP contribution in [0.5, 0.6) is 0 Å². The van der Waals surface area contributed by atoms with E-state index in [1.54, 1.807) is 6.07 Å². The second kappa shape index (κ2) is 9.74. The molecule has 0 bridgehead atoms. The van der Waals surface area contributed by atoms with Gasteiger partial charge in [0.1, 0.15) is 17.3 Å². The van der Waals surface area contributed by atoms with Crippen LogP contribution in [0.2, 0.25) is 0 Å². The van der Waals surface area contributed by atoms with Gasteiger partial charge < -0.3 is 10.6 Å². The Morgan fingerprint density at radius 2 is 1.59 bits per heavy atom. The number of hydrogen-bond donors (Lipinski definition) is 3. The molecule has 0 radical (unpaired) electrons. The molecule has 2 aromatic carbocycles. The molecular formula is C21H24F3IN4O2S. The van der Waals surface area contributed by atoms with Gasteiger partial charge in [-0.1, -0.05) is 6.42 Å². The molecule has 2 fully saturated rings. The number of rotatable bonds is 7. The fourth-order valence-electron chi connectivity index (χ4n) is 3.88. The maximum atomic E-state index is 14.6. The molecule has 0 atom stereocenters. The van der Waals surface area contributed by atoms with Gasteiger partial charge in [-0.2, -0.15) is 12.7 Å². The Balaban J connectivity index is 1.50. The van der Waals surface area contributed by atoms with Gasteiger partial charge in [-0.05, 0) is 72.5 Å². The summed E-state index contributed by atoms with van der Waals surface area (Å²) < 4.78 is 72.7. The van der Waals surface area contributed by atoms with Crippen molar-refractivity contribution in [3.63, 3.8) is 0 Å². The van der Waals surface area contributed by atoms with Crippen molar-refractivity contribution in [2.45, 2.75) is 44.2 Å². The minimum atomic E-state index is -4.09. The molecule has 32 heavy (non-hydrogen) atoms. The summed E-state index contributed by atoms with van der Waals surface area (Å²) in [6.07, 6.45) is 4.84. The lowest BCUT2D eigenvalue weighted by molar-refractivity contribution is 0.237. The van der Waals surface area contributed by atoms with Crippen LogP contribution < -0.4 is 15.4 Å². The van der Waals surface area contributed by atoms with Crippen molar-refractivity contribution in [1.29, 1.82) is 0 Å². The van der Waals surface area contributed by atoms with E-state index in [1.165, 1.54) is 22.9 Å². The van der Waals surface area contributed by atoms with E-state index >= 15 is 0 Å². The van der Waals surface area contributed by atoms with Gasteiger partial charge in [0.2, 0.25) is 0 Å². The smallest absolute Gasteiger partial charge is 0.301 e. The first-order valence-electron chi connectivity index (χ1n) is 10.5. The van der Waals surface area contributed by atoms with Crippen LogP contribution in [0.3, 0.4) is 0 Å². The second-order valence-electron chi connectivity index (χ2n) is 8.13. The van der Waals surface area contributed by atoms with Crippen molar-refractivity contribution in [1.82, 2.24) is 9.62 Å². The van der Waals surface area contributed by atoms with Crippen molar-refractivity contribution < 1.29 is 21.6 Å². The monoisotopic (exact) mass is 580 g/mol. The summed E-state index contributed by atoms with van der Waals surface area (Å²) in [5, 5.41) is 6.15. The van der Waals surface area contributed by atoms with Gasteiger partial charge in [0, 0.05) is 34.8 Å². The van der Waals surface area contributed by atoms with E-state index < -0.39 is 33.3 Å². The first-order chi connectivity index (χ1) is 15.2. The zero-order chi connectivity index (χ0) is 22.9. The van der Waals surface area contributed by atoms with Gasteiger partial charge in [-0.15, -0.1) is 0 Å². The number of nitrogens with one attached hydrogen (secondary N) is 3. The normalized spacial score (nSPS) is 18.4. The van der Waals surface area contributed by atoms with Gasteiger partial charge in [0.15, 0.2) is 5.82 Å². The highest BCUT2D eigenvalue weighted by molar-refractivity contribution is 14.1. The van der Waals surface area contributed by atoms with E-state index in [1.807, 2.05) is 22.6 Å². The van der Waals surface area contributed by atoms with Crippen molar-refractivity contribution in [2.75, 3.05) is 23.1 Å². The summed E-state index contributed by atoms with van der Waals surface area (Å²) in [6.45, 7) is 0.577. The standard InChI is InChI=1S/C21H24F3IN4O2S/c22-13-10-18(24)21(20(11-13)27-19-5-4-14(25)12-17(19)23)28-32(30,31)29-8-6-16(7-9-29)26-15-2-1-3-15/h4-5,10-12,15-16,26-28H,1-3,6-9H2. The van der Waals surface area contributed by atoms with E-state index in [0.29, 0.717) is 28.5 Å². The third kappa shape index (κ3) is 5.49. The Morgan fingerprint density at radius 1 is 0.906 bits per heavy atom. The molecule has 6 nitrogen and oxygen atoms in total. The summed E-state index contributed by atoms with van der Waals surface area (Å²) in [4.78, 5) is 0. The zero-order valence-electron chi connectivity index (χ0n) is 17.2. The molecule has 1 aliphatic heterocycles. The lowest BCUT2D eigenvalue weighted by Gasteiger charge is -2.36. The van der Waals surface area contributed by atoms with Gasteiger partial charge in [0.25, 0.3) is 0 Å². The molecule has 1 saturated carbocycles. The van der Waals surface area contributed by atoms with Crippen molar-refractivity contribution in [2.24, 2.45) is 0 Å². The Labute approximate surface area is 199 Å². The first kappa shape index (κ1) is 23.6. The number of benzene rings is 2. The third-order valence-corrected chi connectivity index (χ3v) is 8.03. The highest BCUT2D eigenvalue weighted by atomic mass is 127. The second-order valence-corrected chi connectivity index (χ2v) is 11.1. The van der Waals surface area contributed by atoms with Crippen LogP contribution in [0.1, 0.15) is 32.1 Å². The molecule has 0 aromatic heterocycles. The van der Waals surface area contributed by atoms with Crippen LogP contribution in [-0.2, 0) is 10.2 Å². The highest BCUT2D eigenvalue weighted by Crippen LogP contribution is 2.32. The molecule has 174 valence electrons. The van der Waals surface area contributed by atoms with Crippen LogP contribution in [0.25, 0.3) is 0 Å². The summed E-state index contributed by atoms with van der Waals surface area (Å²) in [7, 11) is -4.09. The largest absolute Gasteiger partial charge is 0.351 e. The van der Waals surface area contributed by atoms with Gasteiger partial charge in [-0.25, -0.2) is 13.2 Å². The van der Waals surface area contributed by atoms with Gasteiger partial charge in [-0.3, -0.25) is 4.72 Å². The predicted molar refractivity (Wildman–Crippen MR) is 127 cm³/mol. The Morgan fingerprint density at radius 3 is 2.22 bits per heavy atom. The van der Waals surface area contributed by atoms with Crippen LogP contribution in [0.15, 0.2) is 30.3 Å². The van der Waals surface area contributed by atoms with E-state index in [4.69, 9.17) is 0 Å². The average Bonchev–Trinajstić information content (AvgIpc) is 2.70. The predicted octanol–water partition coefficient (Wildman–Crippen LogP) is 4.72. The van der Waals surface area contributed by atoms with Crippen LogP contribution in [0, 0.1) is 21.0 Å². The fourth-order valence-corrected chi connectivity index (χ4v) is 5.62. The molecule has 1 heterocycles. The lowest BCUT2D eigenvalue weighted by atomic mass is 9.91. The number of piperidine rings is 1. The Kier molecular flexibility index (Phi) is 7.18. The summed E-state index contributed by atoms with van der Waals surface area (Å²) >= 11 is 1.94. The fraction of sp³-hybridized carbons (Fsp3) is 0.429. The molecule has 11 heteroatoms. The molecule has 1 aliphatic carbocycles. The summed E-state index contributed by atoms with van der Waals surface area (Å²) in [6, 6.07) is 6.57. The molecule has 0 unspecified atom stereocenters. The Hall–Kier alpha value is -1.57. The molecule has 1 saturated heterocycles. The van der Waals surface area contributed by atoms with E-state index in [2.05, 4.69) is 15.4 Å². The average molecular weight is 580 g/mol. The van der Waals surface area contributed by atoms with Gasteiger partial charge in [0.05, 0.1) is 11.4 Å². The minimum Gasteiger partial charge on any atom is -0.351 e. The number of halogens is 4. The third-order valence-electron chi connectivity index (χ3n) is 5.86. The van der Waals surface area contributed by atoms with Crippen molar-refractivity contribution >= 4 is 49.9 Å². The number of nitrogens with zero attached hydrogens (tertiary/aromatic N) is 1. The molecule has 0 amide bonds. The number of anilines is 3. The van der Waals surface area contributed by atoms with Crippen LogP contribution >= 0.6 is 22.6 Å². The maximum absolute atomic E-state index is 14.6. The molecule has 0 spiro atoms. The molecular weight excluding hydrogens is 556 g/mol. The quantitative estimate of drug-likeness (QED) is 0.415. The summed E-state index contributed by atoms with van der Waals surface area (Å²) in [5.74, 6) is -2.64. The highest BCUT2D eigenvalue weighted by Gasteiger charge is 2.31. The summed E-state index contributed by atoms with van der Waals surface area (Å²) in [5.41, 5.74) is -0.703. The molecule has 4 rings (SSSR count). The van der Waals surface area contributed by atoms with E-state index in [0.717, 1.165) is 18.9 Å². The Bertz CT molecular complexity index is 1090. The minimum absolute atomic E-state index is 0.0289. The lowest BCUT2D eigenvalue weighted by Crippen LogP contribution is -2.50. The topological polar surface area (TPSA) is 73.5 Å². The van der Waals surface area contributed by atoms with E-state index in [-0.39, 0.29) is 30.5 Å². The van der Waals surface area contributed by atoms with Crippen LogP contribution in [0.4, 0.5) is 30.2 Å². The molecule has 2 aromatic rings. The molecule has 3 N–H and O–H groups in total. The van der Waals surface area contributed by atoms with Crippen molar-refractivity contribution in [3.05, 3.63) is 51.4 Å². The van der Waals surface area contributed by atoms with Gasteiger partial charge >= 0.3 is 10.2 Å². The van der Waals surface area contributed by atoms with Crippen molar-refractivity contribution in [3.8, 4) is 0 Å². The molecule has 2 aliphatic rings. The first-order valence-corrected chi connectivity index (χ1v) is 13.0. The number of hydrogen-bond acceptors (Lipinski definition) is 4. The van der Waals surface area contributed by atoms with Crippen LogP contribution in [-0.4, -0.2) is 37.9 Å². The maximum Gasteiger partial charge on any atom is 0.301 e. The SMILES string of the molecule is O=S(=O)(Nc1c(F)cc(F)cc1Nc1ccc(I)cc1F)N1CCC(NC2CCC2)CC1. The van der Waals surface area contributed by atoms with E-state index in [9.17, 15) is 21.6 Å².